The number of fused-ring (bicyclic) bond motifs is 1. The van der Waals surface area contributed by atoms with E-state index in [0.717, 1.165) is 11.3 Å². The molecule has 1 heterocycles. The summed E-state index contributed by atoms with van der Waals surface area (Å²) >= 11 is 0. The Morgan fingerprint density at radius 3 is 2.77 bits per heavy atom. The number of hydrogen-bond acceptors (Lipinski definition) is 4. The van der Waals surface area contributed by atoms with Crippen LogP contribution in [-0.4, -0.2) is 29.1 Å². The van der Waals surface area contributed by atoms with Crippen molar-refractivity contribution >= 4 is 16.9 Å². The smallest absolute Gasteiger partial charge is 0.272 e. The SMILES string of the molecule is COc1ccccc1CCNC(=O)c1ccc2c(c1)nc(C)c(=O)n2C. The van der Waals surface area contributed by atoms with Crippen LogP contribution in [0.2, 0.25) is 0 Å². The number of amides is 1. The average molecular weight is 351 g/mol. The number of rotatable bonds is 5. The highest BCUT2D eigenvalue weighted by molar-refractivity contribution is 5.97. The van der Waals surface area contributed by atoms with Crippen LogP contribution in [0.3, 0.4) is 0 Å². The maximum atomic E-state index is 12.4. The first kappa shape index (κ1) is 17.7. The van der Waals surface area contributed by atoms with E-state index in [1.54, 1.807) is 43.8 Å². The number of aryl methyl sites for hydroxylation is 2. The van der Waals surface area contributed by atoms with Crippen molar-refractivity contribution in [2.24, 2.45) is 7.05 Å². The minimum Gasteiger partial charge on any atom is -0.496 e. The van der Waals surface area contributed by atoms with Crippen molar-refractivity contribution in [1.82, 2.24) is 14.9 Å². The maximum Gasteiger partial charge on any atom is 0.272 e. The van der Waals surface area contributed by atoms with Gasteiger partial charge in [-0.05, 0) is 43.2 Å². The molecule has 0 saturated heterocycles. The maximum absolute atomic E-state index is 12.4. The first-order valence-corrected chi connectivity index (χ1v) is 8.38. The fourth-order valence-corrected chi connectivity index (χ4v) is 2.94. The first-order valence-electron chi connectivity index (χ1n) is 8.38. The normalized spacial score (nSPS) is 10.7. The molecule has 0 atom stereocenters. The van der Waals surface area contributed by atoms with Gasteiger partial charge < -0.3 is 14.6 Å². The Morgan fingerprint density at radius 1 is 1.23 bits per heavy atom. The third kappa shape index (κ3) is 3.44. The van der Waals surface area contributed by atoms with Gasteiger partial charge in [-0.2, -0.15) is 0 Å². The number of carbonyl (C=O) groups excluding carboxylic acids is 1. The first-order chi connectivity index (χ1) is 12.5. The van der Waals surface area contributed by atoms with Crippen molar-refractivity contribution < 1.29 is 9.53 Å². The number of carbonyl (C=O) groups is 1. The highest BCUT2D eigenvalue weighted by Gasteiger charge is 2.10. The lowest BCUT2D eigenvalue weighted by Crippen LogP contribution is -2.26. The zero-order chi connectivity index (χ0) is 18.7. The van der Waals surface area contributed by atoms with Crippen LogP contribution in [0.25, 0.3) is 11.0 Å². The number of nitrogens with zero attached hydrogens (tertiary/aromatic N) is 2. The minimum absolute atomic E-state index is 0.133. The fraction of sp³-hybridized carbons (Fsp3) is 0.250. The van der Waals surface area contributed by atoms with Crippen LogP contribution in [0.5, 0.6) is 5.75 Å². The molecule has 1 amide bonds. The number of hydrogen-bond donors (Lipinski definition) is 1. The lowest BCUT2D eigenvalue weighted by atomic mass is 10.1. The zero-order valence-electron chi connectivity index (χ0n) is 15.1. The topological polar surface area (TPSA) is 73.2 Å². The van der Waals surface area contributed by atoms with E-state index in [-0.39, 0.29) is 11.5 Å². The Hall–Kier alpha value is -3.15. The van der Waals surface area contributed by atoms with Gasteiger partial charge in [-0.1, -0.05) is 18.2 Å². The third-order valence-electron chi connectivity index (χ3n) is 4.37. The molecule has 0 aliphatic rings. The second-order valence-corrected chi connectivity index (χ2v) is 6.08. The molecule has 0 radical (unpaired) electrons. The second-order valence-electron chi connectivity index (χ2n) is 6.08. The van der Waals surface area contributed by atoms with Crippen molar-refractivity contribution in [1.29, 1.82) is 0 Å². The van der Waals surface area contributed by atoms with E-state index in [1.165, 1.54) is 0 Å². The molecule has 0 bridgehead atoms. The van der Waals surface area contributed by atoms with Crippen LogP contribution < -0.4 is 15.6 Å². The standard InChI is InChI=1S/C20H21N3O3/c1-13-20(25)23(2)17-9-8-15(12-16(17)22-13)19(24)21-11-10-14-6-4-5-7-18(14)26-3/h4-9,12H,10-11H2,1-3H3,(H,21,24). The molecule has 0 fully saturated rings. The summed E-state index contributed by atoms with van der Waals surface area (Å²) in [6.07, 6.45) is 0.676. The summed E-state index contributed by atoms with van der Waals surface area (Å²) in [4.78, 5) is 28.7. The van der Waals surface area contributed by atoms with Gasteiger partial charge in [-0.3, -0.25) is 9.59 Å². The monoisotopic (exact) mass is 351 g/mol. The van der Waals surface area contributed by atoms with E-state index in [1.807, 2.05) is 24.3 Å². The summed E-state index contributed by atoms with van der Waals surface area (Å²) in [6, 6.07) is 12.9. The predicted molar refractivity (Wildman–Crippen MR) is 101 cm³/mol. The van der Waals surface area contributed by atoms with Crippen LogP contribution in [-0.2, 0) is 13.5 Å². The molecule has 1 N–H and O–H groups in total. The van der Waals surface area contributed by atoms with Gasteiger partial charge in [0.2, 0.25) is 0 Å². The van der Waals surface area contributed by atoms with E-state index < -0.39 is 0 Å². The van der Waals surface area contributed by atoms with Gasteiger partial charge in [0.05, 0.1) is 18.1 Å². The third-order valence-corrected chi connectivity index (χ3v) is 4.37. The number of benzene rings is 2. The Morgan fingerprint density at radius 2 is 2.00 bits per heavy atom. The Labute approximate surface area is 151 Å². The van der Waals surface area contributed by atoms with Gasteiger partial charge >= 0.3 is 0 Å². The summed E-state index contributed by atoms with van der Waals surface area (Å²) in [7, 11) is 3.33. The molecule has 3 rings (SSSR count). The molecule has 1 aromatic heterocycles. The van der Waals surface area contributed by atoms with Gasteiger partial charge in [-0.25, -0.2) is 4.98 Å². The van der Waals surface area contributed by atoms with Gasteiger partial charge in [0.15, 0.2) is 0 Å². The van der Waals surface area contributed by atoms with Crippen LogP contribution in [0, 0.1) is 6.92 Å². The van der Waals surface area contributed by atoms with Crippen LogP contribution >= 0.6 is 0 Å². The minimum atomic E-state index is -0.171. The molecule has 0 saturated carbocycles. The van der Waals surface area contributed by atoms with Crippen molar-refractivity contribution in [3.63, 3.8) is 0 Å². The summed E-state index contributed by atoms with van der Waals surface area (Å²) < 4.78 is 6.86. The zero-order valence-corrected chi connectivity index (χ0v) is 15.1. The van der Waals surface area contributed by atoms with E-state index in [0.29, 0.717) is 35.3 Å². The molecule has 3 aromatic rings. The number of para-hydroxylation sites is 1. The highest BCUT2D eigenvalue weighted by Crippen LogP contribution is 2.17. The van der Waals surface area contributed by atoms with Crippen molar-refractivity contribution in [3.05, 3.63) is 69.6 Å². The van der Waals surface area contributed by atoms with Crippen molar-refractivity contribution in [2.45, 2.75) is 13.3 Å². The van der Waals surface area contributed by atoms with E-state index in [2.05, 4.69) is 10.3 Å². The number of aromatic nitrogens is 2. The average Bonchev–Trinajstić information content (AvgIpc) is 2.66. The molecule has 134 valence electrons. The van der Waals surface area contributed by atoms with Gasteiger partial charge in [0.1, 0.15) is 11.4 Å². The quantitative estimate of drug-likeness (QED) is 0.765. The van der Waals surface area contributed by atoms with E-state index in [4.69, 9.17) is 4.74 Å². The Balaban J connectivity index is 1.74. The molecule has 0 unspecified atom stereocenters. The fourth-order valence-electron chi connectivity index (χ4n) is 2.94. The molecule has 6 nitrogen and oxygen atoms in total. The molecular formula is C20H21N3O3. The van der Waals surface area contributed by atoms with E-state index in [9.17, 15) is 9.59 Å². The van der Waals surface area contributed by atoms with Gasteiger partial charge in [0, 0.05) is 19.2 Å². The number of ether oxygens (including phenoxy) is 1. The van der Waals surface area contributed by atoms with Crippen LogP contribution in [0.15, 0.2) is 47.3 Å². The molecule has 0 spiro atoms. The summed E-state index contributed by atoms with van der Waals surface area (Å²) in [5.74, 6) is 0.642. The lowest BCUT2D eigenvalue weighted by Gasteiger charge is -2.10. The Kier molecular flexibility index (Phi) is 5.02. The van der Waals surface area contributed by atoms with Crippen molar-refractivity contribution in [2.75, 3.05) is 13.7 Å². The predicted octanol–water partition coefficient (Wildman–Crippen LogP) is 2.22. The Bertz CT molecular complexity index is 1020. The molecular weight excluding hydrogens is 330 g/mol. The lowest BCUT2D eigenvalue weighted by molar-refractivity contribution is 0.0954. The second kappa shape index (κ2) is 7.39. The highest BCUT2D eigenvalue weighted by atomic mass is 16.5. The van der Waals surface area contributed by atoms with Crippen molar-refractivity contribution in [3.8, 4) is 5.75 Å². The molecule has 0 aliphatic carbocycles. The molecule has 6 heteroatoms. The molecule has 2 aromatic carbocycles. The largest absolute Gasteiger partial charge is 0.496 e. The molecule has 26 heavy (non-hydrogen) atoms. The summed E-state index contributed by atoms with van der Waals surface area (Å²) in [6.45, 7) is 2.17. The molecule has 0 aliphatic heterocycles. The summed E-state index contributed by atoms with van der Waals surface area (Å²) in [5, 5.41) is 2.91. The number of methoxy groups -OCH3 is 1. The van der Waals surface area contributed by atoms with Gasteiger partial charge in [-0.15, -0.1) is 0 Å². The number of nitrogens with one attached hydrogen (secondary N) is 1. The van der Waals surface area contributed by atoms with Gasteiger partial charge in [0.25, 0.3) is 11.5 Å². The van der Waals surface area contributed by atoms with Crippen LogP contribution in [0.1, 0.15) is 21.6 Å². The summed E-state index contributed by atoms with van der Waals surface area (Å²) in [5.41, 5.74) is 3.16. The van der Waals surface area contributed by atoms with Crippen LogP contribution in [0.4, 0.5) is 0 Å². The van der Waals surface area contributed by atoms with E-state index >= 15 is 0 Å².